The fraction of sp³-hybridized carbons (Fsp3) is 0.316. The molecule has 3 rings (SSSR count). The van der Waals surface area contributed by atoms with Gasteiger partial charge in [0.2, 0.25) is 0 Å². The summed E-state index contributed by atoms with van der Waals surface area (Å²) in [6, 6.07) is 12.6. The van der Waals surface area contributed by atoms with Crippen LogP contribution in [0.2, 0.25) is 0 Å². The number of pyridine rings is 1. The first-order valence-corrected chi connectivity index (χ1v) is 7.98. The quantitative estimate of drug-likeness (QED) is 0.409. The summed E-state index contributed by atoms with van der Waals surface area (Å²) >= 11 is 0. The Morgan fingerprint density at radius 1 is 1.35 bits per heavy atom. The average molecular weight is 304 g/mol. The monoisotopic (exact) mass is 304 g/mol. The fourth-order valence-corrected chi connectivity index (χ4v) is 3.12. The third-order valence-corrected chi connectivity index (χ3v) is 4.32. The number of aromatic nitrogens is 1. The van der Waals surface area contributed by atoms with Gasteiger partial charge >= 0.3 is 0 Å². The molecule has 0 radical (unpaired) electrons. The van der Waals surface area contributed by atoms with Gasteiger partial charge in [-0.3, -0.25) is 15.3 Å². The van der Waals surface area contributed by atoms with Crippen LogP contribution < -0.4 is 5.32 Å². The van der Waals surface area contributed by atoms with Crippen molar-refractivity contribution >= 4 is 5.84 Å². The molecule has 1 heterocycles. The Hall–Kier alpha value is -2.67. The van der Waals surface area contributed by atoms with E-state index in [2.05, 4.69) is 34.6 Å². The van der Waals surface area contributed by atoms with E-state index in [0.29, 0.717) is 12.3 Å². The molecule has 2 aromatic rings. The molecule has 23 heavy (non-hydrogen) atoms. The second-order valence-electron chi connectivity index (χ2n) is 5.84. The van der Waals surface area contributed by atoms with Crippen LogP contribution in [0.15, 0.2) is 47.6 Å². The molecule has 0 saturated heterocycles. The van der Waals surface area contributed by atoms with Crippen LogP contribution >= 0.6 is 0 Å². The van der Waals surface area contributed by atoms with Crippen molar-refractivity contribution < 1.29 is 0 Å². The van der Waals surface area contributed by atoms with E-state index in [1.165, 1.54) is 11.1 Å². The number of nitrogens with one attached hydrogen (secondary N) is 1. The predicted molar refractivity (Wildman–Crippen MR) is 91.0 cm³/mol. The molecule has 0 bridgehead atoms. The molecule has 1 aromatic heterocycles. The van der Waals surface area contributed by atoms with E-state index in [1.807, 2.05) is 25.2 Å². The molecule has 0 aliphatic heterocycles. The molecule has 1 aliphatic rings. The van der Waals surface area contributed by atoms with Crippen LogP contribution in [0.5, 0.6) is 0 Å². The highest BCUT2D eigenvalue weighted by Crippen LogP contribution is 2.32. The van der Waals surface area contributed by atoms with Gasteiger partial charge in [-0.25, -0.2) is 0 Å². The number of fused-ring (bicyclic) bond motifs is 1. The van der Waals surface area contributed by atoms with Gasteiger partial charge in [0.1, 0.15) is 5.84 Å². The van der Waals surface area contributed by atoms with E-state index in [0.717, 1.165) is 30.5 Å². The number of nitrogens with zero attached hydrogens (tertiary/aromatic N) is 3. The molecule has 0 fully saturated rings. The highest BCUT2D eigenvalue weighted by Gasteiger charge is 2.19. The molecule has 1 aromatic carbocycles. The number of rotatable bonds is 3. The van der Waals surface area contributed by atoms with Gasteiger partial charge in [0.25, 0.3) is 0 Å². The summed E-state index contributed by atoms with van der Waals surface area (Å²) < 4.78 is 0. The Labute approximate surface area is 136 Å². The summed E-state index contributed by atoms with van der Waals surface area (Å²) in [4.78, 5) is 9.17. The Bertz CT molecular complexity index is 758. The highest BCUT2D eigenvalue weighted by atomic mass is 15.0. The number of hydrogen-bond acceptors (Lipinski definition) is 3. The first kappa shape index (κ1) is 15.2. The average Bonchev–Trinajstić information content (AvgIpc) is 2.57. The fourth-order valence-electron chi connectivity index (χ4n) is 3.12. The van der Waals surface area contributed by atoms with Crippen molar-refractivity contribution in [3.63, 3.8) is 0 Å². The maximum absolute atomic E-state index is 9.05. The van der Waals surface area contributed by atoms with E-state index < -0.39 is 0 Å². The zero-order valence-corrected chi connectivity index (χ0v) is 13.3. The lowest BCUT2D eigenvalue weighted by Crippen LogP contribution is -2.23. The molecule has 0 spiro atoms. The molecule has 0 amide bonds. The minimum Gasteiger partial charge on any atom is -0.280 e. The summed E-state index contributed by atoms with van der Waals surface area (Å²) in [7, 11) is 0. The van der Waals surface area contributed by atoms with Crippen LogP contribution in [0.25, 0.3) is 0 Å². The summed E-state index contributed by atoms with van der Waals surface area (Å²) in [5.74, 6) is 0.713. The topological polar surface area (TPSA) is 61.1 Å². The predicted octanol–water partition coefficient (Wildman–Crippen LogP) is 3.48. The largest absolute Gasteiger partial charge is 0.280 e. The van der Waals surface area contributed by atoms with E-state index in [4.69, 9.17) is 10.3 Å². The summed E-state index contributed by atoms with van der Waals surface area (Å²) in [5, 5.41) is 11.8. The molecule has 116 valence electrons. The smallest absolute Gasteiger partial charge is 0.182 e. The van der Waals surface area contributed by atoms with Gasteiger partial charge in [-0.05, 0) is 48.9 Å². The van der Waals surface area contributed by atoms with Crippen molar-refractivity contribution in [1.29, 1.82) is 5.26 Å². The second kappa shape index (κ2) is 7.06. The minimum atomic E-state index is 0.132. The molecule has 4 nitrogen and oxygen atoms in total. The molecule has 1 atom stereocenters. The molecule has 1 aliphatic carbocycles. The molecular formula is C19H20N4. The van der Waals surface area contributed by atoms with Crippen LogP contribution in [-0.2, 0) is 12.8 Å². The van der Waals surface area contributed by atoms with Crippen LogP contribution in [0.4, 0.5) is 0 Å². The van der Waals surface area contributed by atoms with Crippen molar-refractivity contribution in [3.8, 4) is 6.19 Å². The normalized spacial score (nSPS) is 17.2. The van der Waals surface area contributed by atoms with Gasteiger partial charge in [0, 0.05) is 18.3 Å². The van der Waals surface area contributed by atoms with Crippen LogP contribution in [-0.4, -0.2) is 10.8 Å². The third-order valence-electron chi connectivity index (χ3n) is 4.32. The van der Waals surface area contributed by atoms with Crippen molar-refractivity contribution in [2.75, 3.05) is 0 Å². The summed E-state index contributed by atoms with van der Waals surface area (Å²) in [6.07, 6.45) is 7.68. The van der Waals surface area contributed by atoms with Gasteiger partial charge in [-0.1, -0.05) is 30.3 Å². The molecule has 0 unspecified atom stereocenters. The Morgan fingerprint density at radius 3 is 3.04 bits per heavy atom. The van der Waals surface area contributed by atoms with E-state index >= 15 is 0 Å². The lowest BCUT2D eigenvalue weighted by molar-refractivity contribution is 0.570. The van der Waals surface area contributed by atoms with Gasteiger partial charge < -0.3 is 0 Å². The number of hydrogen-bond donors (Lipinski definition) is 1. The van der Waals surface area contributed by atoms with Gasteiger partial charge in [-0.15, -0.1) is 0 Å². The number of aryl methyl sites for hydroxylation is 2. The number of benzene rings is 1. The van der Waals surface area contributed by atoms with Gasteiger partial charge in [0.15, 0.2) is 6.19 Å². The van der Waals surface area contributed by atoms with E-state index in [9.17, 15) is 0 Å². The lowest BCUT2D eigenvalue weighted by atomic mass is 9.88. The SMILES string of the molecule is Cc1ncccc1CC(=N[C@@H]1CCCc2ccccc21)NC#N. The van der Waals surface area contributed by atoms with E-state index in [-0.39, 0.29) is 6.04 Å². The zero-order valence-electron chi connectivity index (χ0n) is 13.3. The number of nitriles is 1. The first-order valence-electron chi connectivity index (χ1n) is 7.98. The Kier molecular flexibility index (Phi) is 4.68. The molecule has 4 heteroatoms. The molecule has 0 saturated carbocycles. The van der Waals surface area contributed by atoms with Crippen molar-refractivity contribution in [2.45, 2.75) is 38.6 Å². The number of aliphatic imine (C=N–C) groups is 1. The van der Waals surface area contributed by atoms with Crippen molar-refractivity contribution in [2.24, 2.45) is 4.99 Å². The van der Waals surface area contributed by atoms with Crippen LogP contribution in [0.1, 0.15) is 41.3 Å². The Morgan fingerprint density at radius 2 is 2.22 bits per heavy atom. The molecular weight excluding hydrogens is 284 g/mol. The van der Waals surface area contributed by atoms with Crippen LogP contribution in [0.3, 0.4) is 0 Å². The minimum absolute atomic E-state index is 0.132. The Balaban J connectivity index is 1.89. The summed E-state index contributed by atoms with van der Waals surface area (Å²) in [5.41, 5.74) is 4.74. The number of amidine groups is 1. The zero-order chi connectivity index (χ0) is 16.1. The van der Waals surface area contributed by atoms with Gasteiger partial charge in [0.05, 0.1) is 6.04 Å². The third kappa shape index (κ3) is 3.57. The van der Waals surface area contributed by atoms with Crippen LogP contribution in [0, 0.1) is 18.4 Å². The maximum atomic E-state index is 9.05. The summed E-state index contributed by atoms with van der Waals surface area (Å²) in [6.45, 7) is 1.98. The van der Waals surface area contributed by atoms with E-state index in [1.54, 1.807) is 6.20 Å². The maximum Gasteiger partial charge on any atom is 0.182 e. The lowest BCUT2D eigenvalue weighted by Gasteiger charge is -2.23. The first-order chi connectivity index (χ1) is 11.3. The van der Waals surface area contributed by atoms with Gasteiger partial charge in [-0.2, -0.15) is 5.26 Å². The van der Waals surface area contributed by atoms with Crippen molar-refractivity contribution in [3.05, 3.63) is 65.0 Å². The standard InChI is InChI=1S/C19H20N4/c1-14-16(8-5-11-21-14)12-19(22-13-20)23-18-10-4-7-15-6-2-3-9-17(15)18/h2-3,5-6,8-9,11,18H,4,7,10,12H2,1H3,(H,22,23)/t18-/m1/s1. The molecule has 1 N–H and O–H groups in total. The highest BCUT2D eigenvalue weighted by molar-refractivity contribution is 5.86. The van der Waals surface area contributed by atoms with Crippen molar-refractivity contribution in [1.82, 2.24) is 10.3 Å². The second-order valence-corrected chi connectivity index (χ2v) is 5.84.